The second-order valence-corrected chi connectivity index (χ2v) is 2.78. The van der Waals surface area contributed by atoms with Crippen LogP contribution in [0.25, 0.3) is 0 Å². The van der Waals surface area contributed by atoms with E-state index in [1.54, 1.807) is 6.07 Å². The lowest BCUT2D eigenvalue weighted by Gasteiger charge is -2.10. The van der Waals surface area contributed by atoms with E-state index in [4.69, 9.17) is 11.0 Å². The van der Waals surface area contributed by atoms with E-state index in [2.05, 4.69) is 4.98 Å². The number of nitrogens with zero attached hydrogens (tertiary/aromatic N) is 2. The maximum Gasteiger partial charge on any atom is 0.267 e. The van der Waals surface area contributed by atoms with Crippen LogP contribution in [0.15, 0.2) is 6.20 Å². The minimum atomic E-state index is -2.95. The summed E-state index contributed by atoms with van der Waals surface area (Å²) in [5.74, 6) is -1.09. The van der Waals surface area contributed by atoms with Crippen LogP contribution in [0.4, 0.5) is 13.2 Å². The van der Waals surface area contributed by atoms with Crippen LogP contribution in [0.1, 0.15) is 23.2 Å². The highest BCUT2D eigenvalue weighted by atomic mass is 19.3. The molecule has 0 saturated carbocycles. The molecule has 0 amide bonds. The molecule has 1 aromatic heterocycles. The van der Waals surface area contributed by atoms with Gasteiger partial charge in [0.15, 0.2) is 5.82 Å². The lowest BCUT2D eigenvalue weighted by atomic mass is 10.0. The summed E-state index contributed by atoms with van der Waals surface area (Å²) < 4.78 is 38.0. The molecule has 0 aliphatic carbocycles. The minimum Gasteiger partial charge on any atom is -0.326 e. The van der Waals surface area contributed by atoms with Crippen molar-refractivity contribution in [3.05, 3.63) is 28.8 Å². The fraction of sp³-hybridized carbons (Fsp3) is 0.333. The number of alkyl halides is 2. The first-order chi connectivity index (χ1) is 7.11. The zero-order valence-electron chi connectivity index (χ0n) is 7.67. The van der Waals surface area contributed by atoms with Crippen molar-refractivity contribution >= 4 is 0 Å². The highest BCUT2D eigenvalue weighted by Gasteiger charge is 2.21. The third-order valence-corrected chi connectivity index (χ3v) is 1.93. The monoisotopic (exact) mass is 215 g/mol. The summed E-state index contributed by atoms with van der Waals surface area (Å²) in [5, 5.41) is 8.43. The van der Waals surface area contributed by atoms with Gasteiger partial charge in [-0.3, -0.25) is 4.98 Å². The lowest BCUT2D eigenvalue weighted by molar-refractivity contribution is 0.144. The van der Waals surface area contributed by atoms with E-state index in [0.29, 0.717) is 6.20 Å². The molecule has 0 atom stereocenters. The summed E-state index contributed by atoms with van der Waals surface area (Å²) in [6.07, 6.45) is -2.43. The minimum absolute atomic E-state index is 0.0773. The molecule has 0 saturated heterocycles. The summed E-state index contributed by atoms with van der Waals surface area (Å²) in [6.45, 7) is -0.262. The van der Waals surface area contributed by atoms with Crippen molar-refractivity contribution in [2.24, 2.45) is 5.73 Å². The molecular weight excluding hydrogens is 207 g/mol. The quantitative estimate of drug-likeness (QED) is 0.834. The first-order valence-corrected chi connectivity index (χ1v) is 4.13. The van der Waals surface area contributed by atoms with Gasteiger partial charge in [-0.25, -0.2) is 13.2 Å². The Morgan fingerprint density at radius 2 is 2.20 bits per heavy atom. The second kappa shape index (κ2) is 4.75. The van der Waals surface area contributed by atoms with Gasteiger partial charge in [0.05, 0.1) is 29.9 Å². The zero-order valence-corrected chi connectivity index (χ0v) is 7.67. The Balaban J connectivity index is 3.34. The number of hydrogen-bond acceptors (Lipinski definition) is 3. The fourth-order valence-corrected chi connectivity index (χ4v) is 1.27. The van der Waals surface area contributed by atoms with Crippen LogP contribution in [0.2, 0.25) is 0 Å². The molecule has 0 aromatic carbocycles. The van der Waals surface area contributed by atoms with Crippen molar-refractivity contribution in [2.75, 3.05) is 0 Å². The van der Waals surface area contributed by atoms with E-state index in [0.717, 1.165) is 0 Å². The summed E-state index contributed by atoms with van der Waals surface area (Å²) >= 11 is 0. The number of aromatic nitrogens is 1. The summed E-state index contributed by atoms with van der Waals surface area (Å²) in [7, 11) is 0. The molecule has 80 valence electrons. The van der Waals surface area contributed by atoms with E-state index in [1.807, 2.05) is 0 Å². The highest BCUT2D eigenvalue weighted by molar-refractivity contribution is 5.33. The molecule has 3 nitrogen and oxygen atoms in total. The van der Waals surface area contributed by atoms with E-state index in [9.17, 15) is 13.2 Å². The summed E-state index contributed by atoms with van der Waals surface area (Å²) in [6, 6.07) is 1.76. The molecule has 2 N–H and O–H groups in total. The van der Waals surface area contributed by atoms with Gasteiger partial charge in [0.25, 0.3) is 6.43 Å². The van der Waals surface area contributed by atoms with Gasteiger partial charge in [-0.05, 0) is 0 Å². The van der Waals surface area contributed by atoms with Crippen molar-refractivity contribution < 1.29 is 13.2 Å². The molecule has 0 aliphatic rings. The molecule has 0 aliphatic heterocycles. The number of pyridine rings is 1. The standard InChI is InChI=1S/C9H8F3N3/c10-6-4-15-7(1-2-13)5(3-14)8(6)9(11)12/h4,9H,1,3,14H2. The Morgan fingerprint density at radius 1 is 1.53 bits per heavy atom. The van der Waals surface area contributed by atoms with E-state index in [1.165, 1.54) is 0 Å². The van der Waals surface area contributed by atoms with Crippen molar-refractivity contribution in [1.82, 2.24) is 4.98 Å². The number of nitrogens with two attached hydrogens (primary N) is 1. The molecule has 1 aromatic rings. The van der Waals surface area contributed by atoms with Gasteiger partial charge in [-0.15, -0.1) is 0 Å². The Bertz CT molecular complexity index is 398. The fourth-order valence-electron chi connectivity index (χ4n) is 1.27. The van der Waals surface area contributed by atoms with Crippen LogP contribution in [0, 0.1) is 17.1 Å². The third-order valence-electron chi connectivity index (χ3n) is 1.93. The van der Waals surface area contributed by atoms with Gasteiger partial charge in [0, 0.05) is 12.1 Å². The van der Waals surface area contributed by atoms with Crippen molar-refractivity contribution in [3.8, 4) is 6.07 Å². The lowest BCUT2D eigenvalue weighted by Crippen LogP contribution is -2.10. The Hall–Kier alpha value is -1.61. The largest absolute Gasteiger partial charge is 0.326 e. The molecule has 0 unspecified atom stereocenters. The van der Waals surface area contributed by atoms with Crippen LogP contribution in [0.5, 0.6) is 0 Å². The number of hydrogen-bond donors (Lipinski definition) is 1. The summed E-state index contributed by atoms with van der Waals surface area (Å²) in [5.41, 5.74) is 4.52. The SMILES string of the molecule is N#CCc1ncc(F)c(C(F)F)c1CN. The van der Waals surface area contributed by atoms with Gasteiger partial charge < -0.3 is 5.73 Å². The number of halogens is 3. The Kier molecular flexibility index (Phi) is 3.63. The average molecular weight is 215 g/mol. The average Bonchev–Trinajstić information content (AvgIpc) is 2.19. The molecule has 0 bridgehead atoms. The number of nitriles is 1. The van der Waals surface area contributed by atoms with Gasteiger partial charge >= 0.3 is 0 Å². The molecule has 15 heavy (non-hydrogen) atoms. The van der Waals surface area contributed by atoms with Gasteiger partial charge in [0.1, 0.15) is 0 Å². The van der Waals surface area contributed by atoms with Gasteiger partial charge in [-0.2, -0.15) is 5.26 Å². The van der Waals surface area contributed by atoms with Gasteiger partial charge in [-0.1, -0.05) is 0 Å². The van der Waals surface area contributed by atoms with E-state index < -0.39 is 17.8 Å². The molecule has 0 radical (unpaired) electrons. The maximum absolute atomic E-state index is 13.0. The van der Waals surface area contributed by atoms with Crippen LogP contribution in [-0.4, -0.2) is 4.98 Å². The normalized spacial score (nSPS) is 10.4. The predicted octanol–water partition coefficient (Wildman–Crippen LogP) is 1.68. The first kappa shape index (κ1) is 11.5. The molecule has 1 rings (SSSR count). The van der Waals surface area contributed by atoms with Crippen LogP contribution >= 0.6 is 0 Å². The second-order valence-electron chi connectivity index (χ2n) is 2.78. The molecule has 0 fully saturated rings. The number of rotatable bonds is 3. The zero-order chi connectivity index (χ0) is 11.4. The molecular formula is C9H8F3N3. The van der Waals surface area contributed by atoms with Crippen LogP contribution in [0.3, 0.4) is 0 Å². The molecule has 6 heteroatoms. The third kappa shape index (κ3) is 2.25. The van der Waals surface area contributed by atoms with Crippen LogP contribution in [-0.2, 0) is 13.0 Å². The predicted molar refractivity (Wildman–Crippen MR) is 46.4 cm³/mol. The van der Waals surface area contributed by atoms with E-state index >= 15 is 0 Å². The van der Waals surface area contributed by atoms with Crippen molar-refractivity contribution in [2.45, 2.75) is 19.4 Å². The summed E-state index contributed by atoms with van der Waals surface area (Å²) in [4.78, 5) is 3.57. The Morgan fingerprint density at radius 3 is 2.67 bits per heavy atom. The topological polar surface area (TPSA) is 62.7 Å². The highest BCUT2D eigenvalue weighted by Crippen LogP contribution is 2.27. The maximum atomic E-state index is 13.0. The van der Waals surface area contributed by atoms with Crippen molar-refractivity contribution in [3.63, 3.8) is 0 Å². The van der Waals surface area contributed by atoms with Crippen LogP contribution < -0.4 is 5.73 Å². The smallest absolute Gasteiger partial charge is 0.267 e. The van der Waals surface area contributed by atoms with Gasteiger partial charge in [0.2, 0.25) is 0 Å². The van der Waals surface area contributed by atoms with Crippen molar-refractivity contribution in [1.29, 1.82) is 5.26 Å². The van der Waals surface area contributed by atoms with E-state index in [-0.39, 0.29) is 24.2 Å². The molecule has 0 spiro atoms. The molecule has 1 heterocycles. The Labute approximate surface area is 84.3 Å². The first-order valence-electron chi connectivity index (χ1n) is 4.13.